The number of hydrogen-bond acceptors (Lipinski definition) is 7. The van der Waals surface area contributed by atoms with Crippen LogP contribution in [0.5, 0.6) is 0 Å². The summed E-state index contributed by atoms with van der Waals surface area (Å²) in [6.45, 7) is 0.0760. The number of benzene rings is 2. The van der Waals surface area contributed by atoms with Crippen molar-refractivity contribution in [3.05, 3.63) is 78.1 Å². The van der Waals surface area contributed by atoms with Gasteiger partial charge in [0.1, 0.15) is 5.03 Å². The van der Waals surface area contributed by atoms with Crippen molar-refractivity contribution < 1.29 is 26.4 Å². The monoisotopic (exact) mass is 536 g/mol. The number of rotatable bonds is 9. The minimum Gasteiger partial charge on any atom is -0.325 e. The Bertz CT molecular complexity index is 1460. The van der Waals surface area contributed by atoms with Crippen LogP contribution in [0.25, 0.3) is 5.65 Å². The molecule has 2 heterocycles. The highest BCUT2D eigenvalue weighted by atomic mass is 32.2. The van der Waals surface area contributed by atoms with Crippen molar-refractivity contribution in [2.24, 2.45) is 0 Å². The average molecular weight is 537 g/mol. The molecular weight excluding hydrogens is 517 g/mol. The number of alkyl halides is 3. The molecule has 4 rings (SSSR count). The van der Waals surface area contributed by atoms with E-state index < -0.39 is 27.7 Å². The van der Waals surface area contributed by atoms with Crippen molar-refractivity contribution >= 4 is 39.0 Å². The third-order valence-electron chi connectivity index (χ3n) is 4.84. The first-order chi connectivity index (χ1) is 17.1. The number of nitrogens with one attached hydrogen (secondary N) is 2. The Labute approximate surface area is 208 Å². The van der Waals surface area contributed by atoms with Gasteiger partial charge in [-0.3, -0.25) is 4.79 Å². The second-order valence-corrected chi connectivity index (χ2v) is 10.2. The summed E-state index contributed by atoms with van der Waals surface area (Å²) in [4.78, 5) is 12.4. The van der Waals surface area contributed by atoms with Gasteiger partial charge in [-0.1, -0.05) is 30.0 Å². The van der Waals surface area contributed by atoms with Crippen molar-refractivity contribution in [1.82, 2.24) is 24.5 Å². The van der Waals surface area contributed by atoms with Crippen LogP contribution in [0, 0.1) is 0 Å². The molecule has 0 bridgehead atoms. The SMILES string of the molecule is O=C(CSc1ccc2nnc(CCNS(=O)(=O)c3ccccc3)n2n1)Nc1ccc(C(F)(F)F)cc1. The van der Waals surface area contributed by atoms with Crippen molar-refractivity contribution in [3.8, 4) is 0 Å². The molecule has 0 unspecified atom stereocenters. The predicted molar refractivity (Wildman–Crippen MR) is 127 cm³/mol. The van der Waals surface area contributed by atoms with Crippen molar-refractivity contribution in [3.63, 3.8) is 0 Å². The largest absolute Gasteiger partial charge is 0.416 e. The lowest BCUT2D eigenvalue weighted by atomic mass is 10.2. The minimum absolute atomic E-state index is 0.0339. The minimum atomic E-state index is -4.45. The highest BCUT2D eigenvalue weighted by Gasteiger charge is 2.30. The zero-order valence-corrected chi connectivity index (χ0v) is 20.1. The van der Waals surface area contributed by atoms with Gasteiger partial charge in [-0.05, 0) is 48.5 Å². The van der Waals surface area contributed by atoms with Gasteiger partial charge in [0, 0.05) is 18.7 Å². The van der Waals surface area contributed by atoms with Gasteiger partial charge in [-0.25, -0.2) is 13.1 Å². The number of aromatic nitrogens is 4. The van der Waals surface area contributed by atoms with Gasteiger partial charge >= 0.3 is 6.18 Å². The van der Waals surface area contributed by atoms with Crippen LogP contribution in [-0.2, 0) is 27.4 Å². The molecule has 2 aromatic heterocycles. The number of carbonyl (C=O) groups excluding carboxylic acids is 1. The van der Waals surface area contributed by atoms with Crippen molar-refractivity contribution in [2.75, 3.05) is 17.6 Å². The standard InChI is InChI=1S/C22H19F3N6O3S2/c23-22(24,25)15-6-8-16(9-7-15)27-20(32)14-35-21-11-10-18-28-29-19(31(18)30-21)12-13-26-36(33,34)17-4-2-1-3-5-17/h1-11,26H,12-14H2,(H,27,32). The Morgan fingerprint density at radius 2 is 1.69 bits per heavy atom. The molecule has 1 amide bonds. The molecule has 0 fully saturated rings. The smallest absolute Gasteiger partial charge is 0.325 e. The van der Waals surface area contributed by atoms with E-state index in [-0.39, 0.29) is 29.3 Å². The number of amides is 1. The van der Waals surface area contributed by atoms with Crippen LogP contribution in [0.15, 0.2) is 76.7 Å². The van der Waals surface area contributed by atoms with Gasteiger partial charge in [0.05, 0.1) is 16.2 Å². The molecule has 0 saturated heterocycles. The Hall–Kier alpha value is -3.49. The van der Waals surface area contributed by atoms with E-state index in [1.807, 2.05) is 0 Å². The molecule has 0 aliphatic rings. The van der Waals surface area contributed by atoms with Crippen LogP contribution < -0.4 is 10.0 Å². The summed E-state index contributed by atoms with van der Waals surface area (Å²) in [5.74, 6) is -0.0215. The number of anilines is 1. The summed E-state index contributed by atoms with van der Waals surface area (Å²) in [5.41, 5.74) is -0.101. The number of halogens is 3. The maximum Gasteiger partial charge on any atom is 0.416 e. The quantitative estimate of drug-likeness (QED) is 0.315. The van der Waals surface area contributed by atoms with Gasteiger partial charge in [0.2, 0.25) is 15.9 Å². The summed E-state index contributed by atoms with van der Waals surface area (Å²) in [6, 6.07) is 15.5. The molecule has 9 nitrogen and oxygen atoms in total. The first-order valence-corrected chi connectivity index (χ1v) is 12.9. The maximum atomic E-state index is 12.7. The topological polar surface area (TPSA) is 118 Å². The molecular formula is C22H19F3N6O3S2. The summed E-state index contributed by atoms with van der Waals surface area (Å²) >= 11 is 1.12. The van der Waals surface area contributed by atoms with E-state index in [0.717, 1.165) is 23.9 Å². The van der Waals surface area contributed by atoms with E-state index in [4.69, 9.17) is 0 Å². The second kappa shape index (κ2) is 10.6. The van der Waals surface area contributed by atoms with Crippen molar-refractivity contribution in [1.29, 1.82) is 0 Å². The van der Waals surface area contributed by atoms with E-state index >= 15 is 0 Å². The zero-order valence-electron chi connectivity index (χ0n) is 18.4. The van der Waals surface area contributed by atoms with Gasteiger partial charge in [-0.2, -0.15) is 22.8 Å². The number of thioether (sulfide) groups is 1. The van der Waals surface area contributed by atoms with Gasteiger partial charge in [-0.15, -0.1) is 10.2 Å². The van der Waals surface area contributed by atoms with E-state index in [0.29, 0.717) is 16.5 Å². The number of sulfonamides is 1. The van der Waals surface area contributed by atoms with E-state index in [9.17, 15) is 26.4 Å². The normalized spacial score (nSPS) is 12.1. The lowest BCUT2D eigenvalue weighted by Crippen LogP contribution is -2.26. The second-order valence-electron chi connectivity index (χ2n) is 7.43. The zero-order chi connectivity index (χ0) is 25.8. The van der Waals surface area contributed by atoms with E-state index in [2.05, 4.69) is 25.3 Å². The number of fused-ring (bicyclic) bond motifs is 1. The van der Waals surface area contributed by atoms with E-state index in [1.54, 1.807) is 30.3 Å². The summed E-state index contributed by atoms with van der Waals surface area (Å²) in [6.07, 6.45) is -4.22. The Morgan fingerprint density at radius 1 is 0.972 bits per heavy atom. The fraction of sp³-hybridized carbons (Fsp3) is 0.182. The summed E-state index contributed by atoms with van der Waals surface area (Å²) in [5, 5.41) is 15.5. The molecule has 14 heteroatoms. The molecule has 2 N–H and O–H groups in total. The summed E-state index contributed by atoms with van der Waals surface area (Å²) < 4.78 is 66.7. The first-order valence-electron chi connectivity index (χ1n) is 10.5. The Kier molecular flexibility index (Phi) is 7.56. The van der Waals surface area contributed by atoms with Gasteiger partial charge in [0.15, 0.2) is 11.5 Å². The van der Waals surface area contributed by atoms with E-state index in [1.165, 1.54) is 28.8 Å². The molecule has 0 spiro atoms. The molecule has 0 aliphatic heterocycles. The Balaban J connectivity index is 1.34. The van der Waals surface area contributed by atoms with Crippen LogP contribution in [0.4, 0.5) is 18.9 Å². The molecule has 0 saturated carbocycles. The van der Waals surface area contributed by atoms with Crippen molar-refractivity contribution in [2.45, 2.75) is 22.5 Å². The lowest BCUT2D eigenvalue weighted by molar-refractivity contribution is -0.137. The Morgan fingerprint density at radius 3 is 2.39 bits per heavy atom. The molecule has 0 aliphatic carbocycles. The molecule has 2 aromatic carbocycles. The average Bonchev–Trinajstić information content (AvgIpc) is 3.25. The summed E-state index contributed by atoms with van der Waals surface area (Å²) in [7, 11) is -3.66. The van der Waals surface area contributed by atoms with Crippen LogP contribution in [0.1, 0.15) is 11.4 Å². The fourth-order valence-electron chi connectivity index (χ4n) is 3.11. The fourth-order valence-corrected chi connectivity index (χ4v) is 4.82. The third kappa shape index (κ3) is 6.38. The maximum absolute atomic E-state index is 12.7. The molecule has 188 valence electrons. The number of carbonyl (C=O) groups is 1. The van der Waals surface area contributed by atoms with Crippen LogP contribution >= 0.6 is 11.8 Å². The number of hydrogen-bond donors (Lipinski definition) is 2. The lowest BCUT2D eigenvalue weighted by Gasteiger charge is -2.09. The predicted octanol–water partition coefficient (Wildman–Crippen LogP) is 3.39. The molecule has 36 heavy (non-hydrogen) atoms. The highest BCUT2D eigenvalue weighted by Crippen LogP contribution is 2.29. The van der Waals surface area contributed by atoms with Gasteiger partial charge in [0.25, 0.3) is 0 Å². The molecule has 4 aromatic rings. The highest BCUT2D eigenvalue weighted by molar-refractivity contribution is 7.99. The van der Waals surface area contributed by atoms with Crippen LogP contribution in [0.2, 0.25) is 0 Å². The number of nitrogens with zero attached hydrogens (tertiary/aromatic N) is 4. The van der Waals surface area contributed by atoms with Crippen LogP contribution in [-0.4, -0.2) is 46.4 Å². The molecule has 0 radical (unpaired) electrons. The molecule has 0 atom stereocenters. The van der Waals surface area contributed by atoms with Crippen LogP contribution in [0.3, 0.4) is 0 Å². The first kappa shape index (κ1) is 25.6. The third-order valence-corrected chi connectivity index (χ3v) is 7.24. The van der Waals surface area contributed by atoms with Gasteiger partial charge < -0.3 is 5.32 Å².